The highest BCUT2D eigenvalue weighted by molar-refractivity contribution is 6.04. The predicted octanol–water partition coefficient (Wildman–Crippen LogP) is 2.35. The molecule has 0 aliphatic carbocycles. The minimum absolute atomic E-state index is 0.157. The zero-order valence-corrected chi connectivity index (χ0v) is 11.7. The monoisotopic (exact) mass is 280 g/mol. The highest BCUT2D eigenvalue weighted by Crippen LogP contribution is 2.30. The Morgan fingerprint density at radius 3 is 2.62 bits per heavy atom. The summed E-state index contributed by atoms with van der Waals surface area (Å²) in [6.07, 6.45) is 0.270. The predicted molar refractivity (Wildman–Crippen MR) is 80.8 cm³/mol. The van der Waals surface area contributed by atoms with Gasteiger partial charge in [-0.25, -0.2) is 0 Å². The average Bonchev–Trinajstić information content (AvgIpc) is 2.78. The Balaban J connectivity index is 1.70. The Bertz CT molecular complexity index is 692. The van der Waals surface area contributed by atoms with Gasteiger partial charge in [0.05, 0.1) is 6.42 Å². The molecule has 1 unspecified atom stereocenters. The van der Waals surface area contributed by atoms with Crippen LogP contribution in [0.15, 0.2) is 48.5 Å². The van der Waals surface area contributed by atoms with Crippen molar-refractivity contribution in [1.29, 1.82) is 0 Å². The third-order valence-electron chi connectivity index (χ3n) is 3.58. The van der Waals surface area contributed by atoms with E-state index >= 15 is 0 Å². The molecule has 2 N–H and O–H groups in total. The first-order valence-electron chi connectivity index (χ1n) is 6.88. The summed E-state index contributed by atoms with van der Waals surface area (Å²) in [5, 5.41) is 5.57. The largest absolute Gasteiger partial charge is 0.340 e. The SMILES string of the molecule is Cc1ccc(CC(=O)NC2C(=O)Nc3ccccc32)cc1. The summed E-state index contributed by atoms with van der Waals surface area (Å²) >= 11 is 0. The fourth-order valence-electron chi connectivity index (χ4n) is 2.46. The molecule has 0 aromatic heterocycles. The van der Waals surface area contributed by atoms with E-state index in [0.29, 0.717) is 0 Å². The van der Waals surface area contributed by atoms with E-state index in [2.05, 4.69) is 10.6 Å². The van der Waals surface area contributed by atoms with E-state index in [1.165, 1.54) is 0 Å². The van der Waals surface area contributed by atoms with Crippen molar-refractivity contribution in [2.45, 2.75) is 19.4 Å². The molecule has 3 rings (SSSR count). The number of anilines is 1. The van der Waals surface area contributed by atoms with Gasteiger partial charge in [-0.05, 0) is 18.6 Å². The van der Waals surface area contributed by atoms with E-state index < -0.39 is 6.04 Å². The lowest BCUT2D eigenvalue weighted by Crippen LogP contribution is -2.33. The molecule has 1 aliphatic heterocycles. The third-order valence-corrected chi connectivity index (χ3v) is 3.58. The lowest BCUT2D eigenvalue weighted by atomic mass is 10.1. The van der Waals surface area contributed by atoms with Crippen LogP contribution in [-0.4, -0.2) is 11.8 Å². The number of hydrogen-bond donors (Lipinski definition) is 2. The number of fused-ring (bicyclic) bond motifs is 1. The van der Waals surface area contributed by atoms with E-state index in [9.17, 15) is 9.59 Å². The number of hydrogen-bond acceptors (Lipinski definition) is 2. The molecule has 1 heterocycles. The molecule has 4 heteroatoms. The molecule has 0 saturated carbocycles. The Morgan fingerprint density at radius 2 is 1.86 bits per heavy atom. The van der Waals surface area contributed by atoms with E-state index in [-0.39, 0.29) is 18.2 Å². The van der Waals surface area contributed by atoms with E-state index in [0.717, 1.165) is 22.4 Å². The van der Waals surface area contributed by atoms with Crippen LogP contribution in [0.3, 0.4) is 0 Å². The van der Waals surface area contributed by atoms with Gasteiger partial charge in [0.25, 0.3) is 5.91 Å². The topological polar surface area (TPSA) is 58.2 Å². The number of amides is 2. The maximum absolute atomic E-state index is 12.1. The number of para-hydroxylation sites is 1. The molecule has 106 valence electrons. The summed E-state index contributed by atoms with van der Waals surface area (Å²) < 4.78 is 0. The van der Waals surface area contributed by atoms with Crippen LogP contribution >= 0.6 is 0 Å². The molecule has 2 amide bonds. The maximum Gasteiger partial charge on any atom is 0.251 e. The molecule has 0 radical (unpaired) electrons. The highest BCUT2D eigenvalue weighted by atomic mass is 16.2. The summed E-state index contributed by atoms with van der Waals surface area (Å²) in [7, 11) is 0. The van der Waals surface area contributed by atoms with Gasteiger partial charge in [0.15, 0.2) is 0 Å². The third kappa shape index (κ3) is 2.79. The van der Waals surface area contributed by atoms with Gasteiger partial charge in [0.1, 0.15) is 6.04 Å². The van der Waals surface area contributed by atoms with Crippen molar-refractivity contribution in [3.05, 3.63) is 65.2 Å². The van der Waals surface area contributed by atoms with Gasteiger partial charge in [-0.1, -0.05) is 48.0 Å². The number of rotatable bonds is 3. The van der Waals surface area contributed by atoms with E-state index in [1.54, 1.807) is 0 Å². The van der Waals surface area contributed by atoms with Crippen LogP contribution in [0.4, 0.5) is 5.69 Å². The van der Waals surface area contributed by atoms with Gasteiger partial charge in [0, 0.05) is 11.3 Å². The van der Waals surface area contributed by atoms with Gasteiger partial charge < -0.3 is 10.6 Å². The normalized spacial score (nSPS) is 16.2. The fraction of sp³-hybridized carbons (Fsp3) is 0.176. The first kappa shape index (κ1) is 13.4. The fourth-order valence-corrected chi connectivity index (χ4v) is 2.46. The molecule has 21 heavy (non-hydrogen) atoms. The molecule has 0 saturated heterocycles. The molecule has 4 nitrogen and oxygen atoms in total. The lowest BCUT2D eigenvalue weighted by molar-refractivity contribution is -0.125. The maximum atomic E-state index is 12.1. The van der Waals surface area contributed by atoms with Crippen molar-refractivity contribution >= 4 is 17.5 Å². The number of carbonyl (C=O) groups is 2. The van der Waals surface area contributed by atoms with Gasteiger partial charge in [-0.15, -0.1) is 0 Å². The van der Waals surface area contributed by atoms with E-state index in [1.807, 2.05) is 55.5 Å². The molecule has 1 atom stereocenters. The lowest BCUT2D eigenvalue weighted by Gasteiger charge is -2.11. The second-order valence-electron chi connectivity index (χ2n) is 5.24. The summed E-state index contributed by atoms with van der Waals surface area (Å²) in [5.74, 6) is -0.343. The van der Waals surface area contributed by atoms with Crippen LogP contribution in [0.25, 0.3) is 0 Å². The summed E-state index contributed by atoms with van der Waals surface area (Å²) in [4.78, 5) is 24.1. The van der Waals surface area contributed by atoms with Crippen LogP contribution in [0, 0.1) is 6.92 Å². The number of benzene rings is 2. The van der Waals surface area contributed by atoms with Crippen molar-refractivity contribution < 1.29 is 9.59 Å². The van der Waals surface area contributed by atoms with Crippen molar-refractivity contribution in [2.75, 3.05) is 5.32 Å². The number of aryl methyl sites for hydroxylation is 1. The van der Waals surface area contributed by atoms with Crippen LogP contribution in [0.5, 0.6) is 0 Å². The summed E-state index contributed by atoms with van der Waals surface area (Å²) in [6, 6.07) is 14.6. The van der Waals surface area contributed by atoms with Crippen LogP contribution in [0.1, 0.15) is 22.7 Å². The zero-order valence-electron chi connectivity index (χ0n) is 11.7. The Kier molecular flexibility index (Phi) is 3.44. The second kappa shape index (κ2) is 5.40. The van der Waals surface area contributed by atoms with Gasteiger partial charge in [0.2, 0.25) is 5.91 Å². The first-order valence-corrected chi connectivity index (χ1v) is 6.88. The first-order chi connectivity index (χ1) is 10.1. The van der Waals surface area contributed by atoms with Crippen molar-refractivity contribution in [2.24, 2.45) is 0 Å². The highest BCUT2D eigenvalue weighted by Gasteiger charge is 2.31. The molecule has 2 aromatic carbocycles. The van der Waals surface area contributed by atoms with Crippen molar-refractivity contribution in [3.8, 4) is 0 Å². The van der Waals surface area contributed by atoms with Crippen molar-refractivity contribution in [3.63, 3.8) is 0 Å². The standard InChI is InChI=1S/C17H16N2O2/c1-11-6-8-12(9-7-11)10-15(20)19-16-13-4-2-3-5-14(13)18-17(16)21/h2-9,16H,10H2,1H3,(H,18,21)(H,19,20). The van der Waals surface area contributed by atoms with Crippen LogP contribution in [-0.2, 0) is 16.0 Å². The zero-order chi connectivity index (χ0) is 14.8. The Hall–Kier alpha value is -2.62. The average molecular weight is 280 g/mol. The van der Waals surface area contributed by atoms with Crippen LogP contribution in [0.2, 0.25) is 0 Å². The molecule has 2 aromatic rings. The van der Waals surface area contributed by atoms with Gasteiger partial charge in [-0.3, -0.25) is 9.59 Å². The van der Waals surface area contributed by atoms with Crippen LogP contribution < -0.4 is 10.6 Å². The molecule has 0 spiro atoms. The molecular formula is C17H16N2O2. The molecule has 0 fully saturated rings. The Labute approximate surface area is 123 Å². The van der Waals surface area contributed by atoms with E-state index in [4.69, 9.17) is 0 Å². The summed E-state index contributed by atoms with van der Waals surface area (Å²) in [5.41, 5.74) is 3.68. The minimum Gasteiger partial charge on any atom is -0.340 e. The van der Waals surface area contributed by atoms with Crippen molar-refractivity contribution in [1.82, 2.24) is 5.32 Å². The number of carbonyl (C=O) groups excluding carboxylic acids is 2. The molecular weight excluding hydrogens is 264 g/mol. The quantitative estimate of drug-likeness (QED) is 0.906. The molecule has 1 aliphatic rings. The second-order valence-corrected chi connectivity index (χ2v) is 5.24. The minimum atomic E-state index is -0.598. The molecule has 0 bridgehead atoms. The van der Waals surface area contributed by atoms with Gasteiger partial charge >= 0.3 is 0 Å². The smallest absolute Gasteiger partial charge is 0.251 e. The Morgan fingerprint density at radius 1 is 1.14 bits per heavy atom. The summed E-state index contributed by atoms with van der Waals surface area (Å²) in [6.45, 7) is 2.00. The van der Waals surface area contributed by atoms with Gasteiger partial charge in [-0.2, -0.15) is 0 Å². The number of nitrogens with one attached hydrogen (secondary N) is 2.